The Balaban J connectivity index is 0. The second-order valence-corrected chi connectivity index (χ2v) is 0. The molecule has 19 valence electrons. The molecule has 0 rings (SSSR count). The second-order valence-electron chi connectivity index (χ2n) is 0. The maximum absolute atomic E-state index is 0. The van der Waals surface area contributed by atoms with Crippen molar-refractivity contribution in [2.75, 3.05) is 0 Å². The van der Waals surface area contributed by atoms with Crippen LogP contribution in [-0.2, 0) is 17.1 Å². The molecule has 4 heavy (non-hydrogen) atoms. The molecule has 3 radical (unpaired) electrons. The normalized spacial score (nSPS) is 0. The van der Waals surface area contributed by atoms with Gasteiger partial charge in [0.25, 0.3) is 0 Å². The molecule has 1 atom stereocenters. The van der Waals surface area contributed by atoms with Gasteiger partial charge in [-0.25, -0.2) is 0 Å². The summed E-state index contributed by atoms with van der Waals surface area (Å²) in [6.07, 6.45) is 0. The van der Waals surface area contributed by atoms with Crippen LogP contribution in [0.25, 0.3) is 0 Å². The van der Waals surface area contributed by atoms with E-state index in [1.54, 1.807) is 0 Å². The summed E-state index contributed by atoms with van der Waals surface area (Å²) in [6, 6.07) is 0. The van der Waals surface area contributed by atoms with Gasteiger partial charge in [0.2, 0.25) is 0 Å². The van der Waals surface area contributed by atoms with Crippen LogP contribution in [0, 0.1) is 0 Å². The van der Waals surface area contributed by atoms with Gasteiger partial charge in [-0.3, -0.25) is 0 Å². The molecule has 0 N–H and O–H groups in total. The van der Waals surface area contributed by atoms with Crippen molar-refractivity contribution in [3.05, 3.63) is 0 Å². The predicted octanol–water partition coefficient (Wildman–Crippen LogP) is -0.706. The Hall–Kier alpha value is 3.85. The van der Waals surface area contributed by atoms with Gasteiger partial charge in [-0.1, -0.05) is 0 Å². The molecule has 0 fully saturated rings. The topological polar surface area (TPSA) is 0 Å². The summed E-state index contributed by atoms with van der Waals surface area (Å²) in [7, 11) is 0. The zero-order valence-corrected chi connectivity index (χ0v) is 10.6. The molecule has 1 unspecified atom stereocenters. The summed E-state index contributed by atoms with van der Waals surface area (Å²) in [5.41, 5.74) is 0. The quantitative estimate of drug-likeness (QED) is 0.332. The van der Waals surface area contributed by atoms with Gasteiger partial charge in [-0.2, -0.15) is 9.90 Å². The monoisotopic (exact) mass is 169 g/mol. The molecule has 0 saturated carbocycles. The van der Waals surface area contributed by atoms with Gasteiger partial charge in [0, 0.05) is 106 Å². The molecule has 0 saturated heterocycles. The molecule has 0 bridgehead atoms. The predicted molar refractivity (Wildman–Crippen MR) is 22.6 cm³/mol. The fraction of sp³-hybridized carbons (Fsp3) is 0. The fourth-order valence-corrected chi connectivity index (χ4v) is 0. The molecular weight excluding hydrogens is 166 g/mol. The zero-order valence-electron chi connectivity index (χ0n) is 2.77. The summed E-state index contributed by atoms with van der Waals surface area (Å²) < 4.78 is 0. The third-order valence-corrected chi connectivity index (χ3v) is 0. The van der Waals surface area contributed by atoms with Gasteiger partial charge in [0.05, 0.1) is 0 Å². The molecule has 0 aromatic rings. The Morgan fingerprint density at radius 1 is 1.00 bits per heavy atom. The number of hydrogen-bond acceptors (Lipinski definition) is 0. The summed E-state index contributed by atoms with van der Waals surface area (Å²) in [5, 5.41) is 0. The van der Waals surface area contributed by atoms with Crippen LogP contribution in [0.3, 0.4) is 0 Å². The molecule has 4 heteroatoms. The van der Waals surface area contributed by atoms with Crippen molar-refractivity contribution in [3.63, 3.8) is 0 Å². The minimum Gasteiger partial charge on any atom is -0.153 e. The van der Waals surface area contributed by atoms with Crippen LogP contribution in [0.5, 0.6) is 0 Å². The van der Waals surface area contributed by atoms with Crippen LogP contribution >= 0.6 is 9.90 Å². The van der Waals surface area contributed by atoms with Crippen LogP contribution < -0.4 is 0 Å². The summed E-state index contributed by atoms with van der Waals surface area (Å²) >= 11 is 0. The third-order valence-electron chi connectivity index (χ3n) is 0. The van der Waals surface area contributed by atoms with Crippen LogP contribution in [-0.4, -0.2) is 89.1 Å². The van der Waals surface area contributed by atoms with E-state index in [0.717, 1.165) is 0 Å². The van der Waals surface area contributed by atoms with E-state index < -0.39 is 0 Å². The maximum atomic E-state index is 0. The first-order chi connectivity index (χ1) is 0. The Labute approximate surface area is 113 Å². The van der Waals surface area contributed by atoms with E-state index in [1.165, 1.54) is 0 Å². The fourth-order valence-electron chi connectivity index (χ4n) is 0. The van der Waals surface area contributed by atoms with Gasteiger partial charge >= 0.3 is 0 Å². The Morgan fingerprint density at radius 2 is 1.00 bits per heavy atom. The van der Waals surface area contributed by atoms with E-state index in [9.17, 15) is 0 Å². The average molecular weight is 169 g/mol. The van der Waals surface area contributed by atoms with E-state index in [-0.39, 0.29) is 116 Å². The molecule has 0 aliphatic rings. The first-order valence-electron chi connectivity index (χ1n) is 0. The van der Waals surface area contributed by atoms with Gasteiger partial charge < -0.3 is 0 Å². The maximum Gasteiger partial charge on any atom is 0 e. The molecule has 0 heterocycles. The third kappa shape index (κ3) is 9.28. The second kappa shape index (κ2) is 15.8. The number of rotatable bonds is 0. The molecule has 0 amide bonds. The van der Waals surface area contributed by atoms with Crippen LogP contribution in [0.4, 0.5) is 0 Å². The zero-order chi connectivity index (χ0) is 0. The molecule has 0 spiro atoms. The molecule has 0 aliphatic heterocycles. The SMILES string of the molecule is P.[Ca].[Fe].[K]. The van der Waals surface area contributed by atoms with Crippen molar-refractivity contribution in [2.24, 2.45) is 0 Å². The smallest absolute Gasteiger partial charge is 0 e. The molecule has 0 aromatic heterocycles. The Bertz CT molecular complexity index is 8.00. The van der Waals surface area contributed by atoms with Crippen molar-refractivity contribution < 1.29 is 17.1 Å². The molecule has 0 nitrogen and oxygen atoms in total. The van der Waals surface area contributed by atoms with Gasteiger partial charge in [0.1, 0.15) is 0 Å². The van der Waals surface area contributed by atoms with E-state index in [4.69, 9.17) is 0 Å². The van der Waals surface area contributed by atoms with Crippen molar-refractivity contribution in [1.82, 2.24) is 0 Å². The van der Waals surface area contributed by atoms with Gasteiger partial charge in [-0.05, 0) is 0 Å². The first-order valence-corrected chi connectivity index (χ1v) is 0. The summed E-state index contributed by atoms with van der Waals surface area (Å²) in [5.74, 6) is 0. The van der Waals surface area contributed by atoms with Crippen LogP contribution in [0.2, 0.25) is 0 Å². The van der Waals surface area contributed by atoms with Crippen LogP contribution in [0.1, 0.15) is 0 Å². The van der Waals surface area contributed by atoms with E-state index in [1.807, 2.05) is 0 Å². The average Bonchev–Trinajstić information content (AvgIpc) is 0. The standard InChI is InChI=1S/Ca.Fe.K.H3P/h;;;1H3. The number of hydrogen-bond donors (Lipinski definition) is 0. The summed E-state index contributed by atoms with van der Waals surface area (Å²) in [6.45, 7) is 0. The van der Waals surface area contributed by atoms with Crippen molar-refractivity contribution in [3.8, 4) is 0 Å². The minimum atomic E-state index is 0. The Kier molecular flexibility index (Phi) is 98.3. The molecule has 0 aliphatic carbocycles. The van der Waals surface area contributed by atoms with Crippen molar-refractivity contribution >= 4 is 99.0 Å². The Morgan fingerprint density at radius 3 is 1.00 bits per heavy atom. The van der Waals surface area contributed by atoms with Gasteiger partial charge in [-0.15, -0.1) is 0 Å². The summed E-state index contributed by atoms with van der Waals surface area (Å²) in [4.78, 5) is 0. The largest absolute Gasteiger partial charge is 0.153 e. The first kappa shape index (κ1) is 24.9. The van der Waals surface area contributed by atoms with E-state index in [2.05, 4.69) is 0 Å². The van der Waals surface area contributed by atoms with Crippen LogP contribution in [0.15, 0.2) is 0 Å². The van der Waals surface area contributed by atoms with E-state index >= 15 is 0 Å². The van der Waals surface area contributed by atoms with E-state index in [0.29, 0.717) is 0 Å². The van der Waals surface area contributed by atoms with Crippen molar-refractivity contribution in [1.29, 1.82) is 0 Å². The molecule has 0 aromatic carbocycles. The van der Waals surface area contributed by atoms with Crippen molar-refractivity contribution in [2.45, 2.75) is 0 Å². The minimum absolute atomic E-state index is 0. The van der Waals surface area contributed by atoms with Gasteiger partial charge in [0.15, 0.2) is 0 Å². The molecular formula is H3CaFeKP.